The van der Waals surface area contributed by atoms with Gasteiger partial charge in [0, 0.05) is 18.8 Å². The van der Waals surface area contributed by atoms with E-state index in [0.717, 1.165) is 24.8 Å². The van der Waals surface area contributed by atoms with E-state index in [2.05, 4.69) is 5.32 Å². The molecule has 0 spiro atoms. The van der Waals surface area contributed by atoms with E-state index in [-0.39, 0.29) is 5.60 Å². The van der Waals surface area contributed by atoms with E-state index < -0.39 is 0 Å². The van der Waals surface area contributed by atoms with Crippen molar-refractivity contribution in [3.05, 3.63) is 11.8 Å². The summed E-state index contributed by atoms with van der Waals surface area (Å²) in [5.41, 5.74) is 0.884. The zero-order valence-electron chi connectivity index (χ0n) is 8.61. The van der Waals surface area contributed by atoms with Crippen molar-refractivity contribution in [1.82, 2.24) is 5.32 Å². The molecule has 0 saturated heterocycles. The maximum atomic E-state index is 7.71. The second-order valence-electron chi connectivity index (χ2n) is 3.69. The van der Waals surface area contributed by atoms with E-state index in [9.17, 15) is 0 Å². The molecule has 0 aromatic rings. The summed E-state index contributed by atoms with van der Waals surface area (Å²) >= 11 is 0. The average molecular weight is 182 g/mol. The third-order valence-electron chi connectivity index (χ3n) is 2.29. The highest BCUT2D eigenvalue weighted by Gasteiger charge is 2.41. The maximum Gasteiger partial charge on any atom is 0.211 e. The van der Waals surface area contributed by atoms with Crippen LogP contribution in [0.4, 0.5) is 0 Å². The van der Waals surface area contributed by atoms with Crippen LogP contribution in [0.2, 0.25) is 0 Å². The quantitative estimate of drug-likeness (QED) is 0.516. The molecular weight excluding hydrogens is 164 g/mol. The molecule has 74 valence electrons. The molecular formula is C10H18N2O. The van der Waals surface area contributed by atoms with Crippen molar-refractivity contribution in [2.24, 2.45) is 0 Å². The van der Waals surface area contributed by atoms with Crippen LogP contribution < -0.4 is 5.32 Å². The molecule has 1 saturated carbocycles. The minimum absolute atomic E-state index is 0.0426. The first-order valence-electron chi connectivity index (χ1n) is 4.75. The Morgan fingerprint density at radius 3 is 2.62 bits per heavy atom. The van der Waals surface area contributed by atoms with Crippen LogP contribution in [-0.2, 0) is 4.74 Å². The Hall–Kier alpha value is -0.990. The molecule has 0 heterocycles. The van der Waals surface area contributed by atoms with Crippen LogP contribution in [-0.4, -0.2) is 18.5 Å². The molecule has 0 aliphatic heterocycles. The van der Waals surface area contributed by atoms with Crippen molar-refractivity contribution in [1.29, 1.82) is 5.41 Å². The van der Waals surface area contributed by atoms with E-state index in [0.29, 0.717) is 5.90 Å². The molecule has 1 rings (SSSR count). The lowest BCUT2D eigenvalue weighted by Gasteiger charge is -2.14. The molecule has 13 heavy (non-hydrogen) atoms. The summed E-state index contributed by atoms with van der Waals surface area (Å²) in [6.07, 6.45) is 4.81. The molecule has 0 radical (unpaired) electrons. The Labute approximate surface area is 79.7 Å². The summed E-state index contributed by atoms with van der Waals surface area (Å²) in [5.74, 6) is 0.317. The lowest BCUT2D eigenvalue weighted by atomic mass is 10.2. The molecule has 1 aliphatic carbocycles. The van der Waals surface area contributed by atoms with Crippen LogP contribution in [0.15, 0.2) is 11.8 Å². The topological polar surface area (TPSA) is 45.1 Å². The number of hydrogen-bond acceptors (Lipinski definition) is 3. The standard InChI is InChI=1S/C10H18N2O/c1-4-8(7-12-3)9(11)13-10(2)5-6-10/h7,11-12H,4-6H2,1-3H3/b8-7+,11-9?. The molecule has 3 heteroatoms. The fourth-order valence-electron chi connectivity index (χ4n) is 1.09. The number of nitrogens with one attached hydrogen (secondary N) is 2. The Morgan fingerprint density at radius 2 is 2.23 bits per heavy atom. The molecule has 1 fully saturated rings. The van der Waals surface area contributed by atoms with E-state index in [1.807, 2.05) is 27.1 Å². The fourth-order valence-corrected chi connectivity index (χ4v) is 1.09. The van der Waals surface area contributed by atoms with Crippen LogP contribution in [0, 0.1) is 5.41 Å². The highest BCUT2D eigenvalue weighted by atomic mass is 16.5. The van der Waals surface area contributed by atoms with Gasteiger partial charge in [0.1, 0.15) is 5.60 Å². The van der Waals surface area contributed by atoms with Crippen LogP contribution in [0.1, 0.15) is 33.1 Å². The van der Waals surface area contributed by atoms with Gasteiger partial charge >= 0.3 is 0 Å². The first kappa shape index (κ1) is 10.1. The lowest BCUT2D eigenvalue weighted by molar-refractivity contribution is 0.184. The van der Waals surface area contributed by atoms with Gasteiger partial charge in [0.15, 0.2) is 0 Å². The third kappa shape index (κ3) is 2.76. The second-order valence-corrected chi connectivity index (χ2v) is 3.69. The summed E-state index contributed by atoms with van der Waals surface area (Å²) in [6, 6.07) is 0. The van der Waals surface area contributed by atoms with Crippen LogP contribution >= 0.6 is 0 Å². The van der Waals surface area contributed by atoms with Gasteiger partial charge in [0.25, 0.3) is 0 Å². The predicted molar refractivity (Wildman–Crippen MR) is 53.9 cm³/mol. The molecule has 1 aliphatic rings. The molecule has 0 unspecified atom stereocenters. The normalized spacial score (nSPS) is 19.5. The fraction of sp³-hybridized carbons (Fsp3) is 0.700. The van der Waals surface area contributed by atoms with Crippen LogP contribution in [0.25, 0.3) is 0 Å². The monoisotopic (exact) mass is 182 g/mol. The van der Waals surface area contributed by atoms with Gasteiger partial charge < -0.3 is 10.1 Å². The van der Waals surface area contributed by atoms with Crippen molar-refractivity contribution in [2.45, 2.75) is 38.7 Å². The molecule has 0 bridgehead atoms. The van der Waals surface area contributed by atoms with Crippen molar-refractivity contribution in [2.75, 3.05) is 7.05 Å². The summed E-state index contributed by atoms with van der Waals surface area (Å²) < 4.78 is 5.53. The molecule has 0 aromatic carbocycles. The summed E-state index contributed by atoms with van der Waals surface area (Å²) in [7, 11) is 1.84. The van der Waals surface area contributed by atoms with E-state index in [1.54, 1.807) is 0 Å². The predicted octanol–water partition coefficient (Wildman–Crippen LogP) is 2.05. The number of rotatable bonds is 4. The number of hydrogen-bond donors (Lipinski definition) is 2. The smallest absolute Gasteiger partial charge is 0.211 e. The van der Waals surface area contributed by atoms with Gasteiger partial charge in [0.2, 0.25) is 5.90 Å². The van der Waals surface area contributed by atoms with E-state index in [1.165, 1.54) is 0 Å². The van der Waals surface area contributed by atoms with Crippen molar-refractivity contribution < 1.29 is 4.74 Å². The van der Waals surface area contributed by atoms with Gasteiger partial charge in [-0.2, -0.15) is 0 Å². The zero-order valence-corrected chi connectivity index (χ0v) is 8.61. The van der Waals surface area contributed by atoms with Crippen molar-refractivity contribution >= 4 is 5.90 Å². The highest BCUT2D eigenvalue weighted by molar-refractivity contribution is 5.91. The summed E-state index contributed by atoms with van der Waals surface area (Å²) in [4.78, 5) is 0. The van der Waals surface area contributed by atoms with E-state index >= 15 is 0 Å². The Bertz CT molecular complexity index is 229. The molecule has 0 atom stereocenters. The minimum Gasteiger partial charge on any atom is -0.471 e. The highest BCUT2D eigenvalue weighted by Crippen LogP contribution is 2.39. The first-order valence-corrected chi connectivity index (χ1v) is 4.75. The van der Waals surface area contributed by atoms with Crippen LogP contribution in [0.3, 0.4) is 0 Å². The lowest BCUT2D eigenvalue weighted by Crippen LogP contribution is -2.17. The van der Waals surface area contributed by atoms with Gasteiger partial charge in [-0.05, 0) is 26.2 Å². The largest absolute Gasteiger partial charge is 0.471 e. The average Bonchev–Trinajstić information content (AvgIpc) is 2.78. The molecule has 0 aromatic heterocycles. The Kier molecular flexibility index (Phi) is 2.96. The van der Waals surface area contributed by atoms with Crippen molar-refractivity contribution in [3.63, 3.8) is 0 Å². The van der Waals surface area contributed by atoms with Gasteiger partial charge in [-0.1, -0.05) is 6.92 Å². The molecule has 3 nitrogen and oxygen atoms in total. The van der Waals surface area contributed by atoms with Gasteiger partial charge in [0.05, 0.1) is 0 Å². The molecule has 0 amide bonds. The third-order valence-corrected chi connectivity index (χ3v) is 2.29. The Balaban J connectivity index is 2.49. The van der Waals surface area contributed by atoms with Gasteiger partial charge in [-0.3, -0.25) is 5.41 Å². The Morgan fingerprint density at radius 1 is 1.62 bits per heavy atom. The molecule has 2 N–H and O–H groups in total. The first-order chi connectivity index (χ1) is 6.11. The van der Waals surface area contributed by atoms with Gasteiger partial charge in [-0.15, -0.1) is 0 Å². The maximum absolute atomic E-state index is 7.71. The van der Waals surface area contributed by atoms with E-state index in [4.69, 9.17) is 10.1 Å². The summed E-state index contributed by atoms with van der Waals surface area (Å²) in [5, 5.41) is 10.6. The van der Waals surface area contributed by atoms with Gasteiger partial charge in [-0.25, -0.2) is 0 Å². The minimum atomic E-state index is -0.0426. The second kappa shape index (κ2) is 3.81. The van der Waals surface area contributed by atoms with Crippen LogP contribution in [0.5, 0.6) is 0 Å². The summed E-state index contributed by atoms with van der Waals surface area (Å²) in [6.45, 7) is 4.07. The zero-order chi connectivity index (χ0) is 9.90. The SMILES string of the molecule is CC/C(=C\NC)C(=N)OC1(C)CC1. The number of ether oxygens (including phenoxy) is 1. The van der Waals surface area contributed by atoms with Crippen molar-refractivity contribution in [3.8, 4) is 0 Å².